The Morgan fingerprint density at radius 2 is 1.42 bits per heavy atom. The van der Waals surface area contributed by atoms with Gasteiger partial charge < -0.3 is 29.2 Å². The van der Waals surface area contributed by atoms with Gasteiger partial charge in [0.15, 0.2) is 0 Å². The lowest BCUT2D eigenvalue weighted by Crippen LogP contribution is -2.40. The van der Waals surface area contributed by atoms with Crippen LogP contribution in [0.25, 0.3) is 0 Å². The van der Waals surface area contributed by atoms with Crippen molar-refractivity contribution in [3.63, 3.8) is 0 Å². The van der Waals surface area contributed by atoms with Crippen molar-refractivity contribution in [2.45, 2.75) is 6.92 Å². The third kappa shape index (κ3) is 7.09. The first-order valence-corrected chi connectivity index (χ1v) is 5.19. The molecule has 0 saturated carbocycles. The first-order valence-electron chi connectivity index (χ1n) is 5.19. The summed E-state index contributed by atoms with van der Waals surface area (Å²) in [5.74, 6) is -0.841. The molecule has 0 bridgehead atoms. The van der Waals surface area contributed by atoms with E-state index in [2.05, 4.69) is 14.2 Å². The Balaban J connectivity index is 4.56. The van der Waals surface area contributed by atoms with Gasteiger partial charge in [0.05, 0.1) is 6.61 Å². The fourth-order valence-electron chi connectivity index (χ4n) is 0.993. The lowest BCUT2D eigenvalue weighted by Gasteiger charge is -2.25. The highest BCUT2D eigenvalue weighted by atomic mass is 16.7. The van der Waals surface area contributed by atoms with Gasteiger partial charge in [-0.25, -0.2) is 9.59 Å². The second-order valence-corrected chi connectivity index (χ2v) is 3.80. The molecule has 0 aromatic rings. The maximum absolute atomic E-state index is 11.7. The van der Waals surface area contributed by atoms with Crippen LogP contribution in [0.4, 0.5) is 9.59 Å². The maximum atomic E-state index is 11.7. The van der Waals surface area contributed by atoms with Gasteiger partial charge in [-0.15, -0.1) is 0 Å². The van der Waals surface area contributed by atoms with Crippen LogP contribution in [0.5, 0.6) is 0 Å². The van der Waals surface area contributed by atoms with Crippen LogP contribution in [0.15, 0.2) is 0 Å². The first kappa shape index (κ1) is 17.0. The minimum absolute atomic E-state index is 0.0505. The van der Waals surface area contributed by atoms with Gasteiger partial charge in [0, 0.05) is 7.11 Å². The monoisotopic (exact) mass is 280 g/mol. The van der Waals surface area contributed by atoms with E-state index in [9.17, 15) is 14.4 Å². The van der Waals surface area contributed by atoms with Crippen LogP contribution < -0.4 is 0 Å². The first-order chi connectivity index (χ1) is 8.81. The third-order valence-corrected chi connectivity index (χ3v) is 2.04. The van der Waals surface area contributed by atoms with Gasteiger partial charge in [0.25, 0.3) is 0 Å². The van der Waals surface area contributed by atoms with Crippen LogP contribution >= 0.6 is 0 Å². The number of hydrogen-bond donors (Lipinski definition) is 2. The second-order valence-electron chi connectivity index (χ2n) is 3.80. The normalized spacial score (nSPS) is 10.6. The summed E-state index contributed by atoms with van der Waals surface area (Å²) in [5.41, 5.74) is -1.55. The summed E-state index contributed by atoms with van der Waals surface area (Å²) in [5, 5.41) is 16.8. The van der Waals surface area contributed by atoms with Crippen LogP contribution in [0.1, 0.15) is 6.92 Å². The number of ether oxygens (including phenoxy) is 4. The van der Waals surface area contributed by atoms with Crippen molar-refractivity contribution in [3.8, 4) is 0 Å². The summed E-state index contributed by atoms with van der Waals surface area (Å²) in [6, 6.07) is 0. The summed E-state index contributed by atoms with van der Waals surface area (Å²) in [7, 11) is 1.41. The highest BCUT2D eigenvalue weighted by Gasteiger charge is 2.38. The quantitative estimate of drug-likeness (QED) is 0.372. The molecule has 0 amide bonds. The number of methoxy groups -OCH3 is 1. The molecule has 110 valence electrons. The van der Waals surface area contributed by atoms with E-state index in [0.717, 1.165) is 0 Å². The van der Waals surface area contributed by atoms with E-state index < -0.39 is 36.9 Å². The van der Waals surface area contributed by atoms with Gasteiger partial charge in [-0.2, -0.15) is 0 Å². The number of rotatable bonds is 8. The highest BCUT2D eigenvalue weighted by Crippen LogP contribution is 2.20. The van der Waals surface area contributed by atoms with Gasteiger partial charge in [-0.1, -0.05) is 0 Å². The zero-order chi connectivity index (χ0) is 14.9. The van der Waals surface area contributed by atoms with Crippen molar-refractivity contribution in [1.29, 1.82) is 0 Å². The molecule has 9 nitrogen and oxygen atoms in total. The van der Waals surface area contributed by atoms with Gasteiger partial charge >= 0.3 is 18.3 Å². The molecule has 9 heteroatoms. The van der Waals surface area contributed by atoms with E-state index in [1.54, 1.807) is 0 Å². The Hall–Kier alpha value is -2.03. The second kappa shape index (κ2) is 8.14. The van der Waals surface area contributed by atoms with Crippen molar-refractivity contribution in [2.75, 3.05) is 33.5 Å². The molecule has 0 rings (SSSR count). The molecule has 0 unspecified atom stereocenters. The zero-order valence-electron chi connectivity index (χ0n) is 10.6. The summed E-state index contributed by atoms with van der Waals surface area (Å²) in [4.78, 5) is 32.4. The van der Waals surface area contributed by atoms with Gasteiger partial charge in [-0.05, 0) is 6.92 Å². The molecule has 0 aliphatic carbocycles. The Morgan fingerprint density at radius 1 is 0.947 bits per heavy atom. The van der Waals surface area contributed by atoms with Crippen LogP contribution in [-0.2, 0) is 23.7 Å². The number of esters is 1. The molecule has 0 fully saturated rings. The Labute approximate surface area is 109 Å². The van der Waals surface area contributed by atoms with Gasteiger partial charge in [-0.3, -0.25) is 4.79 Å². The van der Waals surface area contributed by atoms with Crippen LogP contribution in [0.3, 0.4) is 0 Å². The standard InChI is InChI=1S/C10H16O9/c1-10(5-18-8(12)13,6-19-9(14)15)7(11)17-4-3-16-2/h3-6H2,1-2H3,(H,12,13)(H,14,15). The van der Waals surface area contributed by atoms with E-state index >= 15 is 0 Å². The van der Waals surface area contributed by atoms with E-state index in [0.29, 0.717) is 0 Å². The molecule has 0 aliphatic heterocycles. The molecule has 0 atom stereocenters. The molecule has 19 heavy (non-hydrogen) atoms. The molecule has 0 radical (unpaired) electrons. The third-order valence-electron chi connectivity index (χ3n) is 2.04. The Kier molecular flexibility index (Phi) is 7.27. The summed E-state index contributed by atoms with van der Waals surface area (Å²) < 4.78 is 18.0. The number of carboxylic acid groups (broad SMARTS) is 2. The lowest BCUT2D eigenvalue weighted by atomic mass is 9.93. The topological polar surface area (TPSA) is 129 Å². The summed E-state index contributed by atoms with van der Waals surface area (Å²) in [6.07, 6.45) is -3.18. The highest BCUT2D eigenvalue weighted by molar-refractivity contribution is 5.77. The molecule has 0 saturated heterocycles. The average Bonchev–Trinajstić information content (AvgIpc) is 2.34. The molecule has 0 aromatic heterocycles. The fraction of sp³-hybridized carbons (Fsp3) is 0.700. The largest absolute Gasteiger partial charge is 0.505 e. The van der Waals surface area contributed by atoms with Crippen LogP contribution in [0, 0.1) is 5.41 Å². The minimum Gasteiger partial charge on any atom is -0.463 e. The molecule has 0 heterocycles. The van der Waals surface area contributed by atoms with E-state index in [1.807, 2.05) is 0 Å². The van der Waals surface area contributed by atoms with Crippen LogP contribution in [0.2, 0.25) is 0 Å². The van der Waals surface area contributed by atoms with Gasteiger partial charge in [0.1, 0.15) is 25.2 Å². The molecule has 0 aromatic carbocycles. The molecular formula is C10H16O9. The minimum atomic E-state index is -1.59. The lowest BCUT2D eigenvalue weighted by molar-refractivity contribution is -0.162. The fourth-order valence-corrected chi connectivity index (χ4v) is 0.993. The summed E-state index contributed by atoms with van der Waals surface area (Å²) in [6.45, 7) is 0.212. The number of carbonyl (C=O) groups excluding carboxylic acids is 1. The van der Waals surface area contributed by atoms with Crippen molar-refractivity contribution >= 4 is 18.3 Å². The predicted octanol–water partition coefficient (Wildman–Crippen LogP) is 0.572. The predicted molar refractivity (Wildman–Crippen MR) is 58.9 cm³/mol. The average molecular weight is 280 g/mol. The molecule has 2 N–H and O–H groups in total. The smallest absolute Gasteiger partial charge is 0.463 e. The number of hydrogen-bond acceptors (Lipinski definition) is 7. The molecular weight excluding hydrogens is 264 g/mol. The van der Waals surface area contributed by atoms with E-state index in [-0.39, 0.29) is 13.2 Å². The van der Waals surface area contributed by atoms with Gasteiger partial charge in [0.2, 0.25) is 0 Å². The van der Waals surface area contributed by atoms with Crippen LogP contribution in [-0.4, -0.2) is 62.0 Å². The summed E-state index contributed by atoms with van der Waals surface area (Å²) >= 11 is 0. The Morgan fingerprint density at radius 3 is 1.79 bits per heavy atom. The van der Waals surface area contributed by atoms with Crippen molar-refractivity contribution in [2.24, 2.45) is 5.41 Å². The zero-order valence-corrected chi connectivity index (χ0v) is 10.6. The molecule has 0 aliphatic rings. The Bertz CT molecular complexity index is 307. The number of carbonyl (C=O) groups is 3. The van der Waals surface area contributed by atoms with E-state index in [1.165, 1.54) is 14.0 Å². The van der Waals surface area contributed by atoms with Crippen molar-refractivity contribution < 1.29 is 43.5 Å². The SMILES string of the molecule is COCCOC(=O)C(C)(COC(=O)O)COC(=O)O. The molecule has 0 spiro atoms. The van der Waals surface area contributed by atoms with E-state index in [4.69, 9.17) is 14.9 Å². The van der Waals surface area contributed by atoms with Crippen molar-refractivity contribution in [1.82, 2.24) is 0 Å². The maximum Gasteiger partial charge on any atom is 0.505 e. The van der Waals surface area contributed by atoms with Crippen molar-refractivity contribution in [3.05, 3.63) is 0 Å².